The molecule has 1 rings (SSSR count). The highest BCUT2D eigenvalue weighted by Gasteiger charge is 2.29. The molecule has 0 aromatic carbocycles. The Morgan fingerprint density at radius 1 is 0.351 bits per heavy atom. The van der Waals surface area contributed by atoms with Crippen LogP contribution in [-0.4, -0.2) is 297 Å². The van der Waals surface area contributed by atoms with Crippen molar-refractivity contribution >= 4 is 11.9 Å². The molecule has 13 N–H and O–H groups in total. The second-order valence-electron chi connectivity index (χ2n) is 13.0. The van der Waals surface area contributed by atoms with Gasteiger partial charge >= 0.3 is 0 Å². The molecule has 1 heterocycles. The largest absolute Gasteiger partial charge is 0.395 e. The molecule has 1 aromatic heterocycles. The number of nitrogens with zero attached hydrogens (tertiary/aromatic N) is 11. The van der Waals surface area contributed by atoms with Crippen LogP contribution in [0.5, 0.6) is 0 Å². The standard InChI is InChI=1S/C33H72N12O12/c46-13-1-38(2-14-47)25-34-31(43(11-23-56)12-24-57)30-35-32(44(26-39(3-15-48)4-16-49)27-40(5-17-50)6-18-51)37-33(36-30)45(28-41(7-19-52)8-20-53)29-42(9-21-54)10-22-55/h31,34,46-57H,1-29H2. The van der Waals surface area contributed by atoms with Crippen LogP contribution in [0.1, 0.15) is 12.0 Å². The minimum Gasteiger partial charge on any atom is -0.395 e. The van der Waals surface area contributed by atoms with Crippen LogP contribution in [0.25, 0.3) is 0 Å². The molecule has 336 valence electrons. The van der Waals surface area contributed by atoms with Gasteiger partial charge < -0.3 is 71.1 Å². The molecular formula is C33H72N12O12. The van der Waals surface area contributed by atoms with Gasteiger partial charge in [0.25, 0.3) is 0 Å². The summed E-state index contributed by atoms with van der Waals surface area (Å²) in [4.78, 5) is 28.7. The normalized spacial score (nSPS) is 12.7. The minimum absolute atomic E-state index is 0.0511. The van der Waals surface area contributed by atoms with E-state index in [0.29, 0.717) is 0 Å². The fourth-order valence-electron chi connectivity index (χ4n) is 6.01. The molecule has 0 saturated heterocycles. The van der Waals surface area contributed by atoms with Gasteiger partial charge in [-0.05, 0) is 0 Å². The first-order chi connectivity index (χ1) is 27.7. The highest BCUT2D eigenvalue weighted by atomic mass is 16.3. The molecule has 0 saturated carbocycles. The van der Waals surface area contributed by atoms with Gasteiger partial charge in [0, 0.05) is 85.2 Å². The Hall–Kier alpha value is -2.15. The van der Waals surface area contributed by atoms with Crippen molar-refractivity contribution in [2.24, 2.45) is 0 Å². The van der Waals surface area contributed by atoms with E-state index >= 15 is 0 Å². The summed E-state index contributed by atoms with van der Waals surface area (Å²) in [5.41, 5.74) is 0. The van der Waals surface area contributed by atoms with E-state index in [1.165, 1.54) is 0 Å². The third-order valence-corrected chi connectivity index (χ3v) is 8.73. The lowest BCUT2D eigenvalue weighted by atomic mass is 10.3. The van der Waals surface area contributed by atoms with Crippen molar-refractivity contribution in [2.45, 2.75) is 6.17 Å². The third-order valence-electron chi connectivity index (χ3n) is 8.73. The van der Waals surface area contributed by atoms with Crippen molar-refractivity contribution in [3.8, 4) is 0 Å². The van der Waals surface area contributed by atoms with E-state index in [-0.39, 0.29) is 209 Å². The Balaban J connectivity index is 4.29. The summed E-state index contributed by atoms with van der Waals surface area (Å²) in [5, 5.41) is 122. The first-order valence-corrected chi connectivity index (χ1v) is 19.4. The molecule has 1 atom stereocenters. The van der Waals surface area contributed by atoms with Gasteiger partial charge in [-0.2, -0.15) is 15.0 Å². The van der Waals surface area contributed by atoms with E-state index in [2.05, 4.69) is 5.32 Å². The van der Waals surface area contributed by atoms with Crippen LogP contribution in [-0.2, 0) is 0 Å². The Kier molecular flexibility index (Phi) is 31.2. The van der Waals surface area contributed by atoms with Gasteiger partial charge in [-0.25, -0.2) is 0 Å². The number of aromatic nitrogens is 3. The van der Waals surface area contributed by atoms with Gasteiger partial charge in [-0.1, -0.05) is 0 Å². The van der Waals surface area contributed by atoms with E-state index < -0.39 is 6.17 Å². The molecule has 0 spiro atoms. The van der Waals surface area contributed by atoms with Crippen molar-refractivity contribution in [2.75, 3.05) is 201 Å². The molecule has 0 aliphatic heterocycles. The maximum Gasteiger partial charge on any atom is 0.232 e. The minimum atomic E-state index is -0.928. The van der Waals surface area contributed by atoms with Crippen LogP contribution >= 0.6 is 0 Å². The van der Waals surface area contributed by atoms with Crippen LogP contribution in [0.15, 0.2) is 0 Å². The van der Waals surface area contributed by atoms with Crippen molar-refractivity contribution in [3.05, 3.63) is 5.82 Å². The molecule has 24 heteroatoms. The first kappa shape index (κ1) is 52.9. The maximum absolute atomic E-state index is 10.1. The lowest BCUT2D eigenvalue weighted by Crippen LogP contribution is -2.50. The number of hydrogen-bond acceptors (Lipinski definition) is 24. The SMILES string of the molecule is OCCN(CCO)CNC(c1nc(N(CN(CCO)CCO)CN(CCO)CCO)nc(N(CN(CCO)CCO)CN(CCO)CCO)n1)N(CCO)CCO. The van der Waals surface area contributed by atoms with Crippen LogP contribution in [0.4, 0.5) is 11.9 Å². The Morgan fingerprint density at radius 3 is 0.877 bits per heavy atom. The van der Waals surface area contributed by atoms with Crippen molar-refractivity contribution in [3.63, 3.8) is 0 Å². The average molecular weight is 829 g/mol. The number of anilines is 2. The zero-order valence-electron chi connectivity index (χ0n) is 33.4. The second kappa shape index (κ2) is 33.7. The quantitative estimate of drug-likeness (QED) is 0.0274. The molecular weight excluding hydrogens is 756 g/mol. The predicted molar refractivity (Wildman–Crippen MR) is 209 cm³/mol. The zero-order valence-corrected chi connectivity index (χ0v) is 33.4. The predicted octanol–water partition coefficient (Wildman–Crippen LogP) is -8.42. The van der Waals surface area contributed by atoms with Crippen LogP contribution in [0, 0.1) is 0 Å². The summed E-state index contributed by atoms with van der Waals surface area (Å²) < 4.78 is 0. The lowest BCUT2D eigenvalue weighted by Gasteiger charge is -2.37. The van der Waals surface area contributed by atoms with Crippen molar-refractivity contribution in [1.29, 1.82) is 0 Å². The lowest BCUT2D eigenvalue weighted by molar-refractivity contribution is 0.0784. The van der Waals surface area contributed by atoms with E-state index in [1.807, 2.05) is 0 Å². The number of rotatable bonds is 39. The van der Waals surface area contributed by atoms with Gasteiger partial charge in [0.15, 0.2) is 5.82 Å². The molecule has 0 fully saturated rings. The van der Waals surface area contributed by atoms with E-state index in [1.54, 1.807) is 39.2 Å². The summed E-state index contributed by atoms with van der Waals surface area (Å²) in [5.74, 6) is 0.268. The van der Waals surface area contributed by atoms with Gasteiger partial charge in [0.1, 0.15) is 6.17 Å². The number of nitrogens with one attached hydrogen (secondary N) is 1. The van der Waals surface area contributed by atoms with Gasteiger partial charge in [-0.15, -0.1) is 0 Å². The molecule has 24 nitrogen and oxygen atoms in total. The zero-order chi connectivity index (χ0) is 42.3. The highest BCUT2D eigenvalue weighted by molar-refractivity contribution is 5.39. The summed E-state index contributed by atoms with van der Waals surface area (Å²) in [6, 6.07) is 0. The fourth-order valence-corrected chi connectivity index (χ4v) is 6.01. The number of aliphatic hydroxyl groups excluding tert-OH is 12. The Morgan fingerprint density at radius 2 is 0.614 bits per heavy atom. The molecule has 0 aliphatic rings. The van der Waals surface area contributed by atoms with Gasteiger partial charge in [0.05, 0.1) is 106 Å². The molecule has 0 bridgehead atoms. The first-order valence-electron chi connectivity index (χ1n) is 19.4. The van der Waals surface area contributed by atoms with Gasteiger partial charge in [0.2, 0.25) is 11.9 Å². The van der Waals surface area contributed by atoms with E-state index in [4.69, 9.17) is 15.0 Å². The summed E-state index contributed by atoms with van der Waals surface area (Å²) in [6.45, 7) is -0.669. The Bertz CT molecular complexity index is 971. The van der Waals surface area contributed by atoms with Crippen molar-refractivity contribution in [1.82, 2.24) is 49.7 Å². The van der Waals surface area contributed by atoms with Gasteiger partial charge in [-0.3, -0.25) is 34.7 Å². The van der Waals surface area contributed by atoms with Crippen LogP contribution in [0.3, 0.4) is 0 Å². The monoisotopic (exact) mass is 829 g/mol. The maximum atomic E-state index is 10.1. The van der Waals surface area contributed by atoms with E-state index in [9.17, 15) is 61.3 Å². The average Bonchev–Trinajstić information content (AvgIpc) is 3.18. The van der Waals surface area contributed by atoms with Crippen molar-refractivity contribution < 1.29 is 61.3 Å². The molecule has 0 amide bonds. The van der Waals surface area contributed by atoms with Crippen LogP contribution < -0.4 is 15.1 Å². The van der Waals surface area contributed by atoms with Crippen LogP contribution in [0.2, 0.25) is 0 Å². The third kappa shape index (κ3) is 21.1. The summed E-state index contributed by atoms with van der Waals surface area (Å²) in [6.07, 6.45) is -0.928. The van der Waals surface area contributed by atoms with E-state index in [0.717, 1.165) is 0 Å². The molecule has 0 aliphatic carbocycles. The second-order valence-corrected chi connectivity index (χ2v) is 13.0. The molecule has 57 heavy (non-hydrogen) atoms. The number of aliphatic hydroxyl groups is 12. The molecule has 1 aromatic rings. The Labute approximate surface area is 335 Å². The molecule has 1 unspecified atom stereocenters. The number of hydrogen-bond donors (Lipinski definition) is 13. The highest BCUT2D eigenvalue weighted by Crippen LogP contribution is 2.23. The smallest absolute Gasteiger partial charge is 0.232 e. The molecule has 0 radical (unpaired) electrons. The fraction of sp³-hybridized carbons (Fsp3) is 0.909. The summed E-state index contributed by atoms with van der Waals surface area (Å²) >= 11 is 0. The topological polar surface area (TPSA) is 319 Å². The summed E-state index contributed by atoms with van der Waals surface area (Å²) in [7, 11) is 0.